The Labute approximate surface area is 182 Å². The maximum absolute atomic E-state index is 13.0. The minimum atomic E-state index is -3.82. The third-order valence-corrected chi connectivity index (χ3v) is 6.60. The normalized spacial score (nSPS) is 18.6. The molecule has 4 rings (SSSR count). The zero-order valence-corrected chi connectivity index (χ0v) is 18.6. The van der Waals surface area contributed by atoms with E-state index in [4.69, 9.17) is 0 Å². The van der Waals surface area contributed by atoms with Crippen molar-refractivity contribution in [3.8, 4) is 6.07 Å². The maximum atomic E-state index is 13.0. The van der Waals surface area contributed by atoms with Crippen molar-refractivity contribution in [2.75, 3.05) is 0 Å². The smallest absolute Gasteiger partial charge is 0.263 e. The van der Waals surface area contributed by atoms with E-state index >= 15 is 0 Å². The fourth-order valence-corrected chi connectivity index (χ4v) is 4.53. The highest BCUT2D eigenvalue weighted by molar-refractivity contribution is 7.89. The van der Waals surface area contributed by atoms with Crippen LogP contribution in [-0.4, -0.2) is 23.2 Å². The van der Waals surface area contributed by atoms with Gasteiger partial charge in [0.1, 0.15) is 11.9 Å². The third-order valence-electron chi connectivity index (χ3n) is 5.23. The van der Waals surface area contributed by atoms with Crippen LogP contribution in [0.4, 0.5) is 0 Å². The van der Waals surface area contributed by atoms with Crippen LogP contribution in [0, 0.1) is 11.3 Å². The van der Waals surface area contributed by atoms with E-state index in [1.165, 1.54) is 0 Å². The second-order valence-electron chi connectivity index (χ2n) is 8.57. The number of nitrogens with zero attached hydrogens (tertiary/aromatic N) is 4. The molecular formula is C22H24N6O2S. The molecule has 3 heterocycles. The molecule has 0 spiro atoms. The minimum absolute atomic E-state index is 0.0689. The van der Waals surface area contributed by atoms with E-state index in [0.717, 1.165) is 11.1 Å². The van der Waals surface area contributed by atoms with Crippen LogP contribution in [0.5, 0.6) is 0 Å². The van der Waals surface area contributed by atoms with Crippen molar-refractivity contribution in [2.45, 2.75) is 37.1 Å². The van der Waals surface area contributed by atoms with Gasteiger partial charge in [0.25, 0.3) is 10.0 Å². The molecule has 1 aromatic heterocycles. The van der Waals surface area contributed by atoms with Crippen LogP contribution >= 0.6 is 0 Å². The Morgan fingerprint density at radius 1 is 1.19 bits per heavy atom. The lowest BCUT2D eigenvalue weighted by molar-refractivity contribution is 0.311. The Morgan fingerprint density at radius 2 is 1.90 bits per heavy atom. The van der Waals surface area contributed by atoms with Gasteiger partial charge in [-0.25, -0.2) is 13.8 Å². The number of nitriles is 1. The summed E-state index contributed by atoms with van der Waals surface area (Å²) in [5.41, 5.74) is 6.17. The van der Waals surface area contributed by atoms with E-state index < -0.39 is 10.0 Å². The molecule has 0 aliphatic carbocycles. The SMILES string of the molecule is Cn1cc(C2C=C3C(C#N)=CC=C(NS(=O)(=O)c4ccc(C(C)(C)C)cc4)N3N2)cn1. The first-order chi connectivity index (χ1) is 14.6. The molecule has 2 aliphatic rings. The van der Waals surface area contributed by atoms with Crippen molar-refractivity contribution < 1.29 is 8.42 Å². The predicted octanol–water partition coefficient (Wildman–Crippen LogP) is 2.75. The Hall–Kier alpha value is -3.35. The molecule has 0 saturated heterocycles. The summed E-state index contributed by atoms with van der Waals surface area (Å²) >= 11 is 0. The molecule has 8 nitrogen and oxygen atoms in total. The number of hydrazine groups is 1. The van der Waals surface area contributed by atoms with E-state index in [0.29, 0.717) is 17.1 Å². The van der Waals surface area contributed by atoms with Gasteiger partial charge in [0.15, 0.2) is 0 Å². The van der Waals surface area contributed by atoms with Crippen LogP contribution in [0.1, 0.15) is 37.9 Å². The maximum Gasteiger partial charge on any atom is 0.263 e. The Balaban J connectivity index is 1.61. The quantitative estimate of drug-likeness (QED) is 0.764. The minimum Gasteiger partial charge on any atom is -0.275 e. The Morgan fingerprint density at radius 3 is 2.48 bits per heavy atom. The van der Waals surface area contributed by atoms with E-state index in [1.54, 1.807) is 40.2 Å². The van der Waals surface area contributed by atoms with Gasteiger partial charge in [-0.15, -0.1) is 0 Å². The largest absolute Gasteiger partial charge is 0.275 e. The van der Waals surface area contributed by atoms with Crippen LogP contribution in [0.2, 0.25) is 0 Å². The summed E-state index contributed by atoms with van der Waals surface area (Å²) in [4.78, 5) is 0.171. The first-order valence-corrected chi connectivity index (χ1v) is 11.3. The molecule has 1 aromatic carbocycles. The number of nitrogens with one attached hydrogen (secondary N) is 2. The fraction of sp³-hybridized carbons (Fsp3) is 0.273. The average Bonchev–Trinajstić information content (AvgIpc) is 3.34. The second kappa shape index (κ2) is 7.41. The molecule has 1 unspecified atom stereocenters. The predicted molar refractivity (Wildman–Crippen MR) is 116 cm³/mol. The summed E-state index contributed by atoms with van der Waals surface area (Å²) < 4.78 is 30.4. The van der Waals surface area contributed by atoms with Crippen LogP contribution in [0.25, 0.3) is 0 Å². The number of aryl methyl sites for hydroxylation is 1. The topological polar surface area (TPSA) is 103 Å². The molecule has 0 bridgehead atoms. The first-order valence-electron chi connectivity index (χ1n) is 9.81. The van der Waals surface area contributed by atoms with Crippen molar-refractivity contribution in [3.63, 3.8) is 0 Å². The summed E-state index contributed by atoms with van der Waals surface area (Å²) in [5.74, 6) is 0.316. The number of benzene rings is 1. The van der Waals surface area contributed by atoms with E-state index in [2.05, 4.69) is 42.1 Å². The second-order valence-corrected chi connectivity index (χ2v) is 10.2. The molecule has 2 aliphatic heterocycles. The summed E-state index contributed by atoms with van der Waals surface area (Å²) in [6.45, 7) is 6.23. The molecule has 0 radical (unpaired) electrons. The van der Waals surface area contributed by atoms with Gasteiger partial charge in [-0.05, 0) is 41.3 Å². The van der Waals surface area contributed by atoms with Gasteiger partial charge in [0.2, 0.25) is 0 Å². The molecule has 1 atom stereocenters. The summed E-state index contributed by atoms with van der Waals surface area (Å²) in [6, 6.07) is 8.79. The number of allylic oxidation sites excluding steroid dienone is 3. The lowest BCUT2D eigenvalue weighted by atomic mass is 9.87. The molecule has 0 amide bonds. The molecule has 160 valence electrons. The van der Waals surface area contributed by atoms with E-state index in [9.17, 15) is 13.7 Å². The first kappa shape index (κ1) is 20.9. The van der Waals surface area contributed by atoms with Gasteiger partial charge in [-0.2, -0.15) is 10.4 Å². The van der Waals surface area contributed by atoms with Crippen LogP contribution < -0.4 is 10.1 Å². The fourth-order valence-electron chi connectivity index (χ4n) is 3.49. The Bertz CT molecular complexity index is 1250. The van der Waals surface area contributed by atoms with Gasteiger partial charge in [0, 0.05) is 18.8 Å². The highest BCUT2D eigenvalue weighted by Gasteiger charge is 2.33. The Kier molecular flexibility index (Phi) is 5.00. The van der Waals surface area contributed by atoms with Crippen molar-refractivity contribution in [2.24, 2.45) is 7.05 Å². The lowest BCUT2D eigenvalue weighted by Gasteiger charge is -2.29. The van der Waals surface area contributed by atoms with Gasteiger partial charge >= 0.3 is 0 Å². The van der Waals surface area contributed by atoms with Crippen LogP contribution in [0.3, 0.4) is 0 Å². The monoisotopic (exact) mass is 436 g/mol. The molecule has 0 saturated carbocycles. The van der Waals surface area contributed by atoms with Gasteiger partial charge in [-0.3, -0.25) is 14.4 Å². The standard InChI is InChI=1S/C22H24N6O2S/c1-22(2,3)17-6-8-18(9-7-17)31(29,30)26-21-10-5-15(12-23)20-11-19(25-28(20)21)16-13-24-27(4)14-16/h5-11,13-14,19,25-26H,1-4H3. The number of sulfonamides is 1. The number of hydrogen-bond donors (Lipinski definition) is 2. The zero-order valence-electron chi connectivity index (χ0n) is 17.8. The zero-order chi connectivity index (χ0) is 22.4. The number of fused-ring (bicyclic) bond motifs is 1. The molecule has 0 fully saturated rings. The molecule has 2 N–H and O–H groups in total. The number of hydrogen-bond acceptors (Lipinski definition) is 6. The number of aromatic nitrogens is 2. The van der Waals surface area contributed by atoms with E-state index in [-0.39, 0.29) is 16.4 Å². The van der Waals surface area contributed by atoms with Gasteiger partial charge < -0.3 is 0 Å². The van der Waals surface area contributed by atoms with E-state index in [1.807, 2.05) is 31.5 Å². The van der Waals surface area contributed by atoms with Gasteiger partial charge in [-0.1, -0.05) is 32.9 Å². The van der Waals surface area contributed by atoms with Crippen molar-refractivity contribution in [1.29, 1.82) is 5.26 Å². The van der Waals surface area contributed by atoms with Crippen LogP contribution in [-0.2, 0) is 22.5 Å². The van der Waals surface area contributed by atoms with Crippen molar-refractivity contribution >= 4 is 10.0 Å². The lowest BCUT2D eigenvalue weighted by Crippen LogP contribution is -2.41. The third kappa shape index (κ3) is 4.00. The summed E-state index contributed by atoms with van der Waals surface area (Å²) in [6.07, 6.45) is 8.66. The van der Waals surface area contributed by atoms with Crippen molar-refractivity contribution in [1.82, 2.24) is 24.9 Å². The van der Waals surface area contributed by atoms with Crippen LogP contribution in [0.15, 0.2) is 76.9 Å². The van der Waals surface area contributed by atoms with Gasteiger partial charge in [0.05, 0.1) is 28.4 Å². The summed E-state index contributed by atoms with van der Waals surface area (Å²) in [5, 5.41) is 15.3. The molecule has 2 aromatic rings. The molecule has 31 heavy (non-hydrogen) atoms. The van der Waals surface area contributed by atoms with Crippen molar-refractivity contribution in [3.05, 3.63) is 83.1 Å². The highest BCUT2D eigenvalue weighted by Crippen LogP contribution is 2.33. The molecule has 9 heteroatoms. The average molecular weight is 437 g/mol. The molecular weight excluding hydrogens is 412 g/mol. The summed E-state index contributed by atoms with van der Waals surface area (Å²) in [7, 11) is -2.00. The highest BCUT2D eigenvalue weighted by atomic mass is 32.2. The number of rotatable bonds is 4.